The fourth-order valence-electron chi connectivity index (χ4n) is 2.82. The summed E-state index contributed by atoms with van der Waals surface area (Å²) in [6.45, 7) is 0.702. The fraction of sp³-hybridized carbons (Fsp3) is 0.0833. The Labute approximate surface area is 168 Å². The molecule has 0 aliphatic rings. The number of hydrogen-bond donors (Lipinski definition) is 0. The van der Waals surface area contributed by atoms with Gasteiger partial charge < -0.3 is 9.47 Å². The molecule has 4 nitrogen and oxygen atoms in total. The van der Waals surface area contributed by atoms with Gasteiger partial charge in [0.15, 0.2) is 5.75 Å². The third-order valence-electron chi connectivity index (χ3n) is 4.30. The van der Waals surface area contributed by atoms with Crippen molar-refractivity contribution >= 4 is 0 Å². The van der Waals surface area contributed by atoms with E-state index in [-0.39, 0.29) is 5.82 Å². The lowest BCUT2D eigenvalue weighted by molar-refractivity contribution is 0.244. The van der Waals surface area contributed by atoms with E-state index in [2.05, 4.69) is 10.2 Å². The topological polar surface area (TPSA) is 44.2 Å². The zero-order valence-electron chi connectivity index (χ0n) is 15.7. The van der Waals surface area contributed by atoms with Gasteiger partial charge in [0.25, 0.3) is 5.88 Å². The Hall–Kier alpha value is -3.73. The van der Waals surface area contributed by atoms with E-state index in [0.29, 0.717) is 36.1 Å². The van der Waals surface area contributed by atoms with Crippen molar-refractivity contribution in [1.29, 1.82) is 0 Å². The van der Waals surface area contributed by atoms with Crippen LogP contribution in [-0.4, -0.2) is 10.2 Å². The molecule has 0 saturated carbocycles. The molecule has 0 amide bonds. The molecule has 1 aromatic heterocycles. The molecule has 0 unspecified atom stereocenters. The second-order valence-corrected chi connectivity index (χ2v) is 6.46. The monoisotopic (exact) mass is 386 g/mol. The molecule has 4 rings (SSSR count). The van der Waals surface area contributed by atoms with Crippen molar-refractivity contribution in [3.8, 4) is 22.9 Å². The number of halogens is 1. The molecule has 0 radical (unpaired) electrons. The molecule has 0 fully saturated rings. The van der Waals surface area contributed by atoms with Crippen LogP contribution in [0, 0.1) is 5.82 Å². The molecule has 0 aliphatic carbocycles. The van der Waals surface area contributed by atoms with E-state index in [9.17, 15) is 4.39 Å². The van der Waals surface area contributed by atoms with Crippen LogP contribution in [0.25, 0.3) is 11.3 Å². The van der Waals surface area contributed by atoms with E-state index >= 15 is 0 Å². The lowest BCUT2D eigenvalue weighted by Crippen LogP contribution is -2.04. The minimum absolute atomic E-state index is 0.296. The molecular weight excluding hydrogens is 367 g/mol. The van der Waals surface area contributed by atoms with E-state index in [1.807, 2.05) is 60.7 Å². The normalized spacial score (nSPS) is 10.5. The Balaban J connectivity index is 1.60. The summed E-state index contributed by atoms with van der Waals surface area (Å²) in [4.78, 5) is 0. The van der Waals surface area contributed by atoms with Crippen LogP contribution < -0.4 is 9.47 Å². The fourth-order valence-corrected chi connectivity index (χ4v) is 2.82. The van der Waals surface area contributed by atoms with E-state index in [1.165, 1.54) is 12.1 Å². The van der Waals surface area contributed by atoms with Crippen molar-refractivity contribution in [1.82, 2.24) is 10.2 Å². The van der Waals surface area contributed by atoms with Crippen molar-refractivity contribution in [2.75, 3.05) is 0 Å². The number of aromatic nitrogens is 2. The molecule has 0 N–H and O–H groups in total. The molecule has 0 bridgehead atoms. The highest BCUT2D eigenvalue weighted by atomic mass is 19.1. The highest BCUT2D eigenvalue weighted by Crippen LogP contribution is 2.30. The van der Waals surface area contributed by atoms with E-state index in [0.717, 1.165) is 11.1 Å². The molecular formula is C24H19FN2O2. The molecule has 0 spiro atoms. The van der Waals surface area contributed by atoms with Crippen molar-refractivity contribution in [2.24, 2.45) is 0 Å². The summed E-state index contributed by atoms with van der Waals surface area (Å²) >= 11 is 0. The average Bonchev–Trinajstić information content (AvgIpc) is 2.78. The Morgan fingerprint density at radius 2 is 1.31 bits per heavy atom. The smallest absolute Gasteiger partial charge is 0.276 e. The maximum absolute atomic E-state index is 13.6. The second kappa shape index (κ2) is 8.97. The zero-order chi connectivity index (χ0) is 19.9. The van der Waals surface area contributed by atoms with Gasteiger partial charge in [0.1, 0.15) is 19.0 Å². The summed E-state index contributed by atoms with van der Waals surface area (Å²) in [7, 11) is 0. The first-order chi connectivity index (χ1) is 14.3. The van der Waals surface area contributed by atoms with Crippen LogP contribution in [0.3, 0.4) is 0 Å². The lowest BCUT2D eigenvalue weighted by Gasteiger charge is -2.13. The standard InChI is InChI=1S/C24H19FN2O2/c25-21-13-7-12-20(14-21)22-15-23(28-16-18-8-3-1-4-9-18)24(27-26-22)29-17-19-10-5-2-6-11-19/h1-15H,16-17H2. The molecule has 3 aromatic carbocycles. The quantitative estimate of drug-likeness (QED) is 0.424. The molecule has 144 valence electrons. The summed E-state index contributed by atoms with van der Waals surface area (Å²) in [6, 6.07) is 27.5. The van der Waals surface area contributed by atoms with Gasteiger partial charge in [0.2, 0.25) is 0 Å². The van der Waals surface area contributed by atoms with Gasteiger partial charge in [0, 0.05) is 11.6 Å². The van der Waals surface area contributed by atoms with Crippen molar-refractivity contribution in [3.05, 3.63) is 108 Å². The van der Waals surface area contributed by atoms with Crippen LogP contribution >= 0.6 is 0 Å². The minimum atomic E-state index is -0.333. The highest BCUT2D eigenvalue weighted by Gasteiger charge is 2.13. The van der Waals surface area contributed by atoms with Crippen molar-refractivity contribution in [2.45, 2.75) is 13.2 Å². The predicted octanol–water partition coefficient (Wildman–Crippen LogP) is 5.44. The Morgan fingerprint density at radius 1 is 0.655 bits per heavy atom. The van der Waals surface area contributed by atoms with Gasteiger partial charge >= 0.3 is 0 Å². The number of hydrogen-bond acceptors (Lipinski definition) is 4. The number of nitrogens with zero attached hydrogens (tertiary/aromatic N) is 2. The second-order valence-electron chi connectivity index (χ2n) is 6.46. The third kappa shape index (κ3) is 4.96. The molecule has 0 saturated heterocycles. The van der Waals surface area contributed by atoms with Gasteiger partial charge in [0.05, 0.1) is 5.69 Å². The van der Waals surface area contributed by atoms with Crippen molar-refractivity contribution in [3.63, 3.8) is 0 Å². The molecule has 4 aromatic rings. The molecule has 1 heterocycles. The van der Waals surface area contributed by atoms with Gasteiger partial charge in [-0.05, 0) is 23.3 Å². The van der Waals surface area contributed by atoms with Crippen LogP contribution in [0.4, 0.5) is 4.39 Å². The summed E-state index contributed by atoms with van der Waals surface area (Å²) in [5, 5.41) is 8.39. The lowest BCUT2D eigenvalue weighted by atomic mass is 10.1. The number of rotatable bonds is 7. The molecule has 5 heteroatoms. The highest BCUT2D eigenvalue weighted by molar-refractivity contribution is 5.61. The predicted molar refractivity (Wildman–Crippen MR) is 109 cm³/mol. The van der Waals surface area contributed by atoms with Gasteiger partial charge in [-0.15, -0.1) is 10.2 Å². The zero-order valence-corrected chi connectivity index (χ0v) is 15.7. The Bertz CT molecular complexity index is 1070. The van der Waals surface area contributed by atoms with E-state index in [4.69, 9.17) is 9.47 Å². The van der Waals surface area contributed by atoms with E-state index < -0.39 is 0 Å². The van der Waals surface area contributed by atoms with Crippen LogP contribution in [0.1, 0.15) is 11.1 Å². The third-order valence-corrected chi connectivity index (χ3v) is 4.30. The Morgan fingerprint density at radius 3 is 1.97 bits per heavy atom. The molecule has 29 heavy (non-hydrogen) atoms. The number of benzene rings is 3. The molecule has 0 atom stereocenters. The summed E-state index contributed by atoms with van der Waals surface area (Å²) < 4.78 is 25.4. The van der Waals surface area contributed by atoms with Crippen LogP contribution in [0.15, 0.2) is 91.0 Å². The van der Waals surface area contributed by atoms with Gasteiger partial charge in [-0.1, -0.05) is 72.8 Å². The largest absolute Gasteiger partial charge is 0.483 e. The van der Waals surface area contributed by atoms with Crippen LogP contribution in [0.2, 0.25) is 0 Å². The Kier molecular flexibility index (Phi) is 5.76. The summed E-state index contributed by atoms with van der Waals surface area (Å²) in [5.41, 5.74) is 3.17. The maximum Gasteiger partial charge on any atom is 0.276 e. The van der Waals surface area contributed by atoms with Gasteiger partial charge in [-0.2, -0.15) is 0 Å². The average molecular weight is 386 g/mol. The first-order valence-corrected chi connectivity index (χ1v) is 9.25. The van der Waals surface area contributed by atoms with E-state index in [1.54, 1.807) is 18.2 Å². The molecule has 0 aliphatic heterocycles. The van der Waals surface area contributed by atoms with Crippen LogP contribution in [0.5, 0.6) is 11.6 Å². The van der Waals surface area contributed by atoms with Crippen molar-refractivity contribution < 1.29 is 13.9 Å². The first kappa shape index (κ1) is 18.6. The first-order valence-electron chi connectivity index (χ1n) is 9.25. The number of ether oxygens (including phenoxy) is 2. The minimum Gasteiger partial charge on any atom is -0.483 e. The van der Waals surface area contributed by atoms with Crippen LogP contribution in [-0.2, 0) is 13.2 Å². The maximum atomic E-state index is 13.6. The summed E-state index contributed by atoms with van der Waals surface area (Å²) in [6.07, 6.45) is 0. The summed E-state index contributed by atoms with van der Waals surface area (Å²) in [5.74, 6) is 0.421. The van der Waals surface area contributed by atoms with Gasteiger partial charge in [-0.25, -0.2) is 4.39 Å². The SMILES string of the molecule is Fc1cccc(-c2cc(OCc3ccccc3)c(OCc3ccccc3)nn2)c1. The van der Waals surface area contributed by atoms with Gasteiger partial charge in [-0.3, -0.25) is 0 Å².